The maximum absolute atomic E-state index is 11.5. The average molecular weight is 374 g/mol. The number of nitrogens with zero attached hydrogens (tertiary/aromatic N) is 1. The minimum atomic E-state index is -0.549. The van der Waals surface area contributed by atoms with E-state index < -0.39 is 16.6 Å². The van der Waals surface area contributed by atoms with Gasteiger partial charge in [-0.3, -0.25) is 10.1 Å². The van der Waals surface area contributed by atoms with Gasteiger partial charge in [-0.1, -0.05) is 0 Å². The Morgan fingerprint density at radius 2 is 2.09 bits per heavy atom. The van der Waals surface area contributed by atoms with Gasteiger partial charge in [0.05, 0.1) is 9.40 Å². The molecule has 0 bridgehead atoms. The van der Waals surface area contributed by atoms with Gasteiger partial charge in [-0.15, -0.1) is 0 Å². The normalized spacial score (nSPS) is 12.4. The third kappa shape index (κ3) is 6.30. The van der Waals surface area contributed by atoms with E-state index in [1.807, 2.05) is 6.92 Å². The summed E-state index contributed by atoms with van der Waals surface area (Å²) < 4.78 is 5.55. The van der Waals surface area contributed by atoms with E-state index >= 15 is 0 Å². The SMILES string of the molecule is CC(CNC(=O)OC(C)(C)C)Nc1ccc(Br)c([N+](=O)[O-])c1. The molecule has 0 aliphatic rings. The van der Waals surface area contributed by atoms with Crippen molar-refractivity contribution < 1.29 is 14.5 Å². The molecule has 1 unspecified atom stereocenters. The lowest BCUT2D eigenvalue weighted by molar-refractivity contribution is -0.385. The Morgan fingerprint density at radius 3 is 2.64 bits per heavy atom. The summed E-state index contributed by atoms with van der Waals surface area (Å²) in [5.41, 5.74) is 0.0401. The largest absolute Gasteiger partial charge is 0.444 e. The van der Waals surface area contributed by atoms with Crippen LogP contribution in [0.1, 0.15) is 27.7 Å². The highest BCUT2D eigenvalue weighted by atomic mass is 79.9. The Kier molecular flexibility index (Phi) is 6.16. The molecule has 1 aromatic rings. The molecule has 0 aromatic heterocycles. The molecule has 0 heterocycles. The predicted octanol–water partition coefficient (Wildman–Crippen LogP) is 3.68. The topological polar surface area (TPSA) is 93.5 Å². The van der Waals surface area contributed by atoms with Crippen LogP contribution >= 0.6 is 15.9 Å². The van der Waals surface area contributed by atoms with Gasteiger partial charge in [0.2, 0.25) is 0 Å². The second kappa shape index (κ2) is 7.44. The lowest BCUT2D eigenvalue weighted by atomic mass is 10.2. The molecule has 0 fully saturated rings. The number of benzene rings is 1. The predicted molar refractivity (Wildman–Crippen MR) is 88.1 cm³/mol. The van der Waals surface area contributed by atoms with Crippen molar-refractivity contribution >= 4 is 33.4 Å². The fourth-order valence-electron chi connectivity index (χ4n) is 1.63. The summed E-state index contributed by atoms with van der Waals surface area (Å²) in [6, 6.07) is 4.65. The highest BCUT2D eigenvalue weighted by molar-refractivity contribution is 9.10. The molecule has 8 heteroatoms. The highest BCUT2D eigenvalue weighted by Crippen LogP contribution is 2.28. The average Bonchev–Trinajstić information content (AvgIpc) is 2.36. The molecule has 22 heavy (non-hydrogen) atoms. The zero-order valence-corrected chi connectivity index (χ0v) is 14.6. The number of hydrogen-bond donors (Lipinski definition) is 2. The van der Waals surface area contributed by atoms with Crippen molar-refractivity contribution in [1.29, 1.82) is 0 Å². The van der Waals surface area contributed by atoms with Crippen LogP contribution in [0.2, 0.25) is 0 Å². The molecule has 1 aromatic carbocycles. The van der Waals surface area contributed by atoms with Crippen LogP contribution in [0.3, 0.4) is 0 Å². The van der Waals surface area contributed by atoms with E-state index in [9.17, 15) is 14.9 Å². The van der Waals surface area contributed by atoms with Crippen LogP contribution in [0.4, 0.5) is 16.2 Å². The number of rotatable bonds is 5. The molecular weight excluding hydrogens is 354 g/mol. The van der Waals surface area contributed by atoms with Crippen LogP contribution in [0.5, 0.6) is 0 Å². The summed E-state index contributed by atoms with van der Waals surface area (Å²) in [5.74, 6) is 0. The maximum atomic E-state index is 11.5. The number of carbonyl (C=O) groups is 1. The summed E-state index contributed by atoms with van der Waals surface area (Å²) in [7, 11) is 0. The number of nitro benzene ring substituents is 1. The molecule has 0 aliphatic heterocycles. The molecule has 7 nitrogen and oxygen atoms in total. The van der Waals surface area contributed by atoms with Crippen molar-refractivity contribution in [1.82, 2.24) is 5.32 Å². The van der Waals surface area contributed by atoms with Gasteiger partial charge >= 0.3 is 6.09 Å². The molecule has 0 saturated carbocycles. The van der Waals surface area contributed by atoms with E-state index in [2.05, 4.69) is 26.6 Å². The van der Waals surface area contributed by atoms with Gasteiger partial charge in [-0.2, -0.15) is 0 Å². The number of hydrogen-bond acceptors (Lipinski definition) is 5. The molecular formula is C14H20BrN3O4. The third-order valence-electron chi connectivity index (χ3n) is 2.51. The number of halogens is 1. The number of alkyl carbamates (subject to hydrolysis) is 1. The monoisotopic (exact) mass is 373 g/mol. The number of nitro groups is 1. The highest BCUT2D eigenvalue weighted by Gasteiger charge is 2.17. The summed E-state index contributed by atoms with van der Waals surface area (Å²) in [6.45, 7) is 7.55. The third-order valence-corrected chi connectivity index (χ3v) is 3.18. The lowest BCUT2D eigenvalue weighted by Gasteiger charge is -2.21. The number of anilines is 1. The zero-order valence-electron chi connectivity index (χ0n) is 13.0. The van der Waals surface area contributed by atoms with Crippen LogP contribution in [-0.4, -0.2) is 29.2 Å². The van der Waals surface area contributed by atoms with Gasteiger partial charge in [0, 0.05) is 24.3 Å². The molecule has 122 valence electrons. The molecule has 1 atom stereocenters. The molecule has 1 amide bonds. The lowest BCUT2D eigenvalue weighted by Crippen LogP contribution is -2.38. The van der Waals surface area contributed by atoms with Crippen molar-refractivity contribution in [3.8, 4) is 0 Å². The standard InChI is InChI=1S/C14H20BrN3O4/c1-9(8-16-13(19)22-14(2,3)4)17-10-5-6-11(15)12(7-10)18(20)21/h5-7,9,17H,8H2,1-4H3,(H,16,19). The van der Waals surface area contributed by atoms with E-state index in [-0.39, 0.29) is 11.7 Å². The van der Waals surface area contributed by atoms with Crippen LogP contribution < -0.4 is 10.6 Å². The Balaban J connectivity index is 2.55. The van der Waals surface area contributed by atoms with Gasteiger partial charge in [0.15, 0.2) is 0 Å². The summed E-state index contributed by atoms with van der Waals surface area (Å²) in [5, 5.41) is 16.6. The van der Waals surface area contributed by atoms with E-state index in [0.717, 1.165) is 0 Å². The second-order valence-corrected chi connectivity index (χ2v) is 6.71. The molecule has 0 radical (unpaired) electrons. The smallest absolute Gasteiger partial charge is 0.407 e. The minimum absolute atomic E-state index is 0.0164. The number of ether oxygens (including phenoxy) is 1. The number of nitrogens with one attached hydrogen (secondary N) is 2. The van der Waals surface area contributed by atoms with Gasteiger partial charge in [0.1, 0.15) is 5.60 Å². The first-order valence-electron chi connectivity index (χ1n) is 6.76. The molecule has 0 spiro atoms. The van der Waals surface area contributed by atoms with E-state index in [1.54, 1.807) is 32.9 Å². The van der Waals surface area contributed by atoms with Crippen molar-refractivity contribution in [2.24, 2.45) is 0 Å². The molecule has 0 saturated heterocycles. The quantitative estimate of drug-likeness (QED) is 0.606. The summed E-state index contributed by atoms with van der Waals surface area (Å²) in [6.07, 6.45) is -0.497. The van der Waals surface area contributed by atoms with E-state index in [0.29, 0.717) is 16.7 Å². The summed E-state index contributed by atoms with van der Waals surface area (Å²) in [4.78, 5) is 22.0. The molecule has 1 rings (SSSR count). The Hall–Kier alpha value is -1.83. The first-order valence-corrected chi connectivity index (χ1v) is 7.55. The number of carbonyl (C=O) groups excluding carboxylic acids is 1. The van der Waals surface area contributed by atoms with Gasteiger partial charge in [-0.25, -0.2) is 4.79 Å². The number of amides is 1. The van der Waals surface area contributed by atoms with E-state index in [1.165, 1.54) is 6.07 Å². The van der Waals surface area contributed by atoms with E-state index in [4.69, 9.17) is 4.74 Å². The van der Waals surface area contributed by atoms with Crippen LogP contribution in [0.15, 0.2) is 22.7 Å². The Bertz CT molecular complexity index is 558. The van der Waals surface area contributed by atoms with Crippen LogP contribution in [-0.2, 0) is 4.74 Å². The second-order valence-electron chi connectivity index (χ2n) is 5.85. The fourth-order valence-corrected chi connectivity index (χ4v) is 2.02. The molecule has 0 aliphatic carbocycles. The van der Waals surface area contributed by atoms with Crippen molar-refractivity contribution in [2.75, 3.05) is 11.9 Å². The first-order chi connectivity index (χ1) is 10.1. The molecule has 2 N–H and O–H groups in total. The minimum Gasteiger partial charge on any atom is -0.444 e. The Morgan fingerprint density at radius 1 is 1.45 bits per heavy atom. The van der Waals surface area contributed by atoms with Crippen LogP contribution in [0, 0.1) is 10.1 Å². The summed E-state index contributed by atoms with van der Waals surface area (Å²) >= 11 is 3.13. The van der Waals surface area contributed by atoms with Crippen molar-refractivity contribution in [3.63, 3.8) is 0 Å². The Labute approximate surface area is 137 Å². The van der Waals surface area contributed by atoms with Gasteiger partial charge in [-0.05, 0) is 55.8 Å². The van der Waals surface area contributed by atoms with Gasteiger partial charge in [0.25, 0.3) is 5.69 Å². The van der Waals surface area contributed by atoms with Gasteiger partial charge < -0.3 is 15.4 Å². The van der Waals surface area contributed by atoms with Crippen molar-refractivity contribution in [3.05, 3.63) is 32.8 Å². The maximum Gasteiger partial charge on any atom is 0.407 e. The first kappa shape index (κ1) is 18.2. The van der Waals surface area contributed by atoms with Crippen LogP contribution in [0.25, 0.3) is 0 Å². The van der Waals surface area contributed by atoms with Crippen molar-refractivity contribution in [2.45, 2.75) is 39.3 Å². The zero-order chi connectivity index (χ0) is 16.9. The fraction of sp³-hybridized carbons (Fsp3) is 0.500.